The van der Waals surface area contributed by atoms with Gasteiger partial charge in [0.05, 0.1) is 30.3 Å². The second-order valence-electron chi connectivity index (χ2n) is 9.45. The number of anilines is 1. The summed E-state index contributed by atoms with van der Waals surface area (Å²) < 4.78 is 15.8. The molecule has 2 aromatic heterocycles. The Labute approximate surface area is 223 Å². The first-order valence-electron chi connectivity index (χ1n) is 12.4. The van der Waals surface area contributed by atoms with E-state index in [4.69, 9.17) is 11.6 Å². The Balaban J connectivity index is 1.41. The van der Waals surface area contributed by atoms with Gasteiger partial charge in [-0.05, 0) is 78.5 Å². The van der Waals surface area contributed by atoms with E-state index < -0.39 is 5.82 Å². The van der Waals surface area contributed by atoms with Crippen LogP contribution in [0.2, 0.25) is 5.02 Å². The Morgan fingerprint density at radius 1 is 1.16 bits per heavy atom. The molecule has 38 heavy (non-hydrogen) atoms. The molecular formula is C28H25ClFN7O. The average Bonchev–Trinajstić information content (AvgIpc) is 3.55. The van der Waals surface area contributed by atoms with E-state index in [1.807, 2.05) is 36.4 Å². The minimum absolute atomic E-state index is 0.0209. The summed E-state index contributed by atoms with van der Waals surface area (Å²) in [5.41, 5.74) is 5.71. The number of H-pyrrole nitrogens is 1. The van der Waals surface area contributed by atoms with Gasteiger partial charge in [0.1, 0.15) is 17.9 Å². The molecule has 1 aliphatic heterocycles. The minimum atomic E-state index is -0.448. The van der Waals surface area contributed by atoms with Crippen molar-refractivity contribution in [2.24, 2.45) is 0 Å². The van der Waals surface area contributed by atoms with Crippen LogP contribution in [0.5, 0.6) is 0 Å². The number of carbonyl (C=O) groups is 1. The second kappa shape index (κ2) is 10.4. The normalized spacial score (nSPS) is 14.9. The van der Waals surface area contributed by atoms with Crippen LogP contribution in [0.3, 0.4) is 0 Å². The number of imidazole rings is 1. The molecule has 0 bridgehead atoms. The molecular weight excluding hydrogens is 505 g/mol. The molecule has 0 aliphatic carbocycles. The van der Waals surface area contributed by atoms with Crippen LogP contribution in [-0.2, 0) is 24.3 Å². The highest BCUT2D eigenvalue weighted by Gasteiger charge is 2.25. The molecule has 2 N–H and O–H groups in total. The SMILES string of the molecule is O=C(Cn1nnc2ccccc21)N(Cc1cc(F)cc(Cl)c1)c1ccc(-c2cnc[nH]2)cc1CC1CCN1. The Kier molecular flexibility index (Phi) is 6.61. The van der Waals surface area contributed by atoms with E-state index in [1.54, 1.807) is 28.2 Å². The summed E-state index contributed by atoms with van der Waals surface area (Å²) in [6, 6.07) is 18.2. The number of hydrogen-bond donors (Lipinski definition) is 2. The van der Waals surface area contributed by atoms with E-state index in [2.05, 4.69) is 31.7 Å². The lowest BCUT2D eigenvalue weighted by molar-refractivity contribution is -0.119. The van der Waals surface area contributed by atoms with E-state index in [9.17, 15) is 9.18 Å². The zero-order chi connectivity index (χ0) is 26.1. The first kappa shape index (κ1) is 24.3. The Morgan fingerprint density at radius 3 is 2.79 bits per heavy atom. The topological polar surface area (TPSA) is 91.7 Å². The second-order valence-corrected chi connectivity index (χ2v) is 9.88. The molecule has 1 unspecified atom stereocenters. The van der Waals surface area contributed by atoms with Gasteiger partial charge in [0, 0.05) is 16.8 Å². The smallest absolute Gasteiger partial charge is 0.249 e. The van der Waals surface area contributed by atoms with Crippen LogP contribution in [0.25, 0.3) is 22.3 Å². The van der Waals surface area contributed by atoms with Crippen LogP contribution in [-0.4, -0.2) is 43.5 Å². The molecule has 6 rings (SSSR count). The number of aromatic amines is 1. The number of nitrogens with zero attached hydrogens (tertiary/aromatic N) is 5. The van der Waals surface area contributed by atoms with E-state index in [0.717, 1.165) is 47.4 Å². The summed E-state index contributed by atoms with van der Waals surface area (Å²) in [5.74, 6) is -0.645. The van der Waals surface area contributed by atoms with Crippen molar-refractivity contribution in [3.63, 3.8) is 0 Å². The van der Waals surface area contributed by atoms with E-state index in [0.29, 0.717) is 17.1 Å². The van der Waals surface area contributed by atoms with Crippen LogP contribution < -0.4 is 10.2 Å². The fourth-order valence-electron chi connectivity index (χ4n) is 4.82. The number of fused-ring (bicyclic) bond motifs is 1. The summed E-state index contributed by atoms with van der Waals surface area (Å²) in [4.78, 5) is 22.9. The molecule has 3 heterocycles. The molecule has 3 aromatic carbocycles. The lowest BCUT2D eigenvalue weighted by atomic mass is 9.94. The average molecular weight is 530 g/mol. The van der Waals surface area contributed by atoms with Crippen LogP contribution in [0.1, 0.15) is 17.5 Å². The zero-order valence-corrected chi connectivity index (χ0v) is 21.2. The summed E-state index contributed by atoms with van der Waals surface area (Å²) in [6.45, 7) is 1.11. The molecule has 5 aromatic rings. The zero-order valence-electron chi connectivity index (χ0n) is 20.4. The minimum Gasteiger partial charge on any atom is -0.345 e. The van der Waals surface area contributed by atoms with Crippen molar-refractivity contribution in [2.45, 2.75) is 32.0 Å². The monoisotopic (exact) mass is 529 g/mol. The quantitative estimate of drug-likeness (QED) is 0.302. The van der Waals surface area contributed by atoms with Gasteiger partial charge in [0.25, 0.3) is 0 Å². The van der Waals surface area contributed by atoms with Gasteiger partial charge in [-0.3, -0.25) is 4.79 Å². The third kappa shape index (κ3) is 5.03. The van der Waals surface area contributed by atoms with Gasteiger partial charge < -0.3 is 15.2 Å². The summed E-state index contributed by atoms with van der Waals surface area (Å²) in [6.07, 6.45) is 5.22. The first-order valence-corrected chi connectivity index (χ1v) is 12.8. The number of halogens is 2. The molecule has 1 amide bonds. The number of rotatable bonds is 8. The largest absolute Gasteiger partial charge is 0.345 e. The molecule has 1 saturated heterocycles. The van der Waals surface area contributed by atoms with Gasteiger partial charge in [-0.2, -0.15) is 0 Å². The molecule has 8 nitrogen and oxygen atoms in total. The molecule has 10 heteroatoms. The molecule has 1 atom stereocenters. The Hall–Kier alpha value is -4.08. The van der Waals surface area contributed by atoms with E-state index in [-0.39, 0.29) is 24.0 Å². The standard InChI is InChI=1S/C28H25ClFN7O/c29-21-9-18(10-22(30)13-21)15-36(28(38)16-37-27-4-2-1-3-24(27)34-35-37)26-6-5-19(25-14-31-17-33-25)11-20(26)12-23-7-8-32-23/h1-6,9-11,13-14,17,23,32H,7-8,12,15-16H2,(H,31,33). The van der Waals surface area contributed by atoms with Gasteiger partial charge >= 0.3 is 0 Å². The maximum atomic E-state index is 14.2. The lowest BCUT2D eigenvalue weighted by Crippen LogP contribution is -2.44. The number of carbonyl (C=O) groups excluding carboxylic acids is 1. The van der Waals surface area contributed by atoms with Crippen LogP contribution in [0.15, 0.2) is 73.2 Å². The molecule has 0 radical (unpaired) electrons. The van der Waals surface area contributed by atoms with E-state index >= 15 is 0 Å². The number of para-hydroxylation sites is 1. The predicted octanol–water partition coefficient (Wildman–Crippen LogP) is 4.75. The fourth-order valence-corrected chi connectivity index (χ4v) is 5.07. The summed E-state index contributed by atoms with van der Waals surface area (Å²) >= 11 is 6.16. The van der Waals surface area contributed by atoms with Crippen molar-refractivity contribution in [3.8, 4) is 11.3 Å². The van der Waals surface area contributed by atoms with Crippen molar-refractivity contribution in [1.82, 2.24) is 30.3 Å². The van der Waals surface area contributed by atoms with Crippen molar-refractivity contribution >= 4 is 34.2 Å². The van der Waals surface area contributed by atoms with Gasteiger partial charge in [-0.1, -0.05) is 35.0 Å². The third-order valence-electron chi connectivity index (χ3n) is 6.84. The Morgan fingerprint density at radius 2 is 2.03 bits per heavy atom. The van der Waals surface area contributed by atoms with Crippen molar-refractivity contribution in [2.75, 3.05) is 11.4 Å². The number of benzene rings is 3. The van der Waals surface area contributed by atoms with Crippen LogP contribution in [0, 0.1) is 5.82 Å². The number of amides is 1. The van der Waals surface area contributed by atoms with Crippen LogP contribution in [0.4, 0.5) is 10.1 Å². The van der Waals surface area contributed by atoms with Crippen molar-refractivity contribution in [3.05, 3.63) is 95.2 Å². The molecule has 0 spiro atoms. The first-order chi connectivity index (χ1) is 18.5. The number of hydrogen-bond acceptors (Lipinski definition) is 5. The fraction of sp³-hybridized carbons (Fsp3) is 0.214. The number of nitrogens with one attached hydrogen (secondary N) is 2. The highest BCUT2D eigenvalue weighted by Crippen LogP contribution is 2.31. The summed E-state index contributed by atoms with van der Waals surface area (Å²) in [7, 11) is 0. The Bertz CT molecular complexity index is 1580. The highest BCUT2D eigenvalue weighted by molar-refractivity contribution is 6.30. The summed E-state index contributed by atoms with van der Waals surface area (Å²) in [5, 5.41) is 12.1. The van der Waals surface area contributed by atoms with Gasteiger partial charge in [-0.15, -0.1) is 5.10 Å². The molecule has 192 valence electrons. The van der Waals surface area contributed by atoms with Gasteiger partial charge in [-0.25, -0.2) is 14.1 Å². The van der Waals surface area contributed by atoms with Crippen LogP contribution >= 0.6 is 11.6 Å². The molecule has 1 aliphatic rings. The third-order valence-corrected chi connectivity index (χ3v) is 7.06. The maximum Gasteiger partial charge on any atom is 0.249 e. The van der Waals surface area contributed by atoms with E-state index in [1.165, 1.54) is 12.1 Å². The molecule has 0 saturated carbocycles. The highest BCUT2D eigenvalue weighted by atomic mass is 35.5. The van der Waals surface area contributed by atoms with Gasteiger partial charge in [0.2, 0.25) is 5.91 Å². The van der Waals surface area contributed by atoms with Crippen molar-refractivity contribution < 1.29 is 9.18 Å². The predicted molar refractivity (Wildman–Crippen MR) is 144 cm³/mol. The number of aromatic nitrogens is 5. The van der Waals surface area contributed by atoms with Crippen molar-refractivity contribution in [1.29, 1.82) is 0 Å². The maximum absolute atomic E-state index is 14.2. The molecule has 1 fully saturated rings. The lowest BCUT2D eigenvalue weighted by Gasteiger charge is -2.31. The van der Waals surface area contributed by atoms with Gasteiger partial charge in [0.15, 0.2) is 0 Å².